The van der Waals surface area contributed by atoms with E-state index in [-0.39, 0.29) is 17.6 Å². The number of fused-ring (bicyclic) bond motifs is 1. The minimum Gasteiger partial charge on any atom is -0.479 e. The Morgan fingerprint density at radius 2 is 1.97 bits per heavy atom. The highest BCUT2D eigenvalue weighted by Gasteiger charge is 2.31. The van der Waals surface area contributed by atoms with Crippen molar-refractivity contribution in [1.29, 1.82) is 5.26 Å². The maximum Gasteiger partial charge on any atom is 0.352 e. The Hall–Kier alpha value is -3.83. The molecular weight excluding hydrogens is 419 g/mol. The van der Waals surface area contributed by atoms with E-state index in [1.54, 1.807) is 18.2 Å². The first-order valence-electron chi connectivity index (χ1n) is 9.35. The maximum absolute atomic E-state index is 13.0. The summed E-state index contributed by atoms with van der Waals surface area (Å²) < 4.78 is 29.6. The molecule has 6 nitrogen and oxygen atoms in total. The SMILES string of the molecule is CC(Oc1ccc(F)cc1)C(=O)Oc1ccc2c(c1)OC(N)=C(C#N)C2c1cccs1. The number of ether oxygens (including phenoxy) is 3. The lowest BCUT2D eigenvalue weighted by Gasteiger charge is -2.25. The van der Waals surface area contributed by atoms with Crippen molar-refractivity contribution in [3.8, 4) is 23.3 Å². The summed E-state index contributed by atoms with van der Waals surface area (Å²) in [6.45, 7) is 1.54. The number of esters is 1. The number of hydrogen-bond donors (Lipinski definition) is 1. The molecule has 0 fully saturated rings. The first-order chi connectivity index (χ1) is 15.0. The minimum absolute atomic E-state index is 0.0184. The van der Waals surface area contributed by atoms with E-state index >= 15 is 0 Å². The van der Waals surface area contributed by atoms with Crippen molar-refractivity contribution in [3.05, 3.63) is 87.7 Å². The molecule has 2 N–H and O–H groups in total. The van der Waals surface area contributed by atoms with Crippen LogP contribution in [0, 0.1) is 17.1 Å². The van der Waals surface area contributed by atoms with Crippen molar-refractivity contribution in [2.45, 2.75) is 18.9 Å². The molecule has 8 heteroatoms. The van der Waals surface area contributed by atoms with Crippen molar-refractivity contribution in [2.24, 2.45) is 5.73 Å². The van der Waals surface area contributed by atoms with Gasteiger partial charge in [-0.25, -0.2) is 9.18 Å². The number of halogens is 1. The van der Waals surface area contributed by atoms with Crippen LogP contribution in [0.2, 0.25) is 0 Å². The van der Waals surface area contributed by atoms with E-state index < -0.39 is 17.9 Å². The summed E-state index contributed by atoms with van der Waals surface area (Å²) in [5.41, 5.74) is 7.07. The van der Waals surface area contributed by atoms with Gasteiger partial charge in [-0.05, 0) is 48.7 Å². The molecule has 1 aromatic heterocycles. The average Bonchev–Trinajstić information content (AvgIpc) is 3.28. The number of thiophene rings is 1. The molecule has 4 rings (SSSR count). The highest BCUT2D eigenvalue weighted by molar-refractivity contribution is 7.10. The Bertz CT molecular complexity index is 1180. The van der Waals surface area contributed by atoms with Crippen molar-refractivity contribution >= 4 is 17.3 Å². The second-order valence-corrected chi connectivity index (χ2v) is 7.75. The number of hydrogen-bond acceptors (Lipinski definition) is 7. The highest BCUT2D eigenvalue weighted by Crippen LogP contribution is 2.44. The summed E-state index contributed by atoms with van der Waals surface area (Å²) in [4.78, 5) is 13.4. The molecule has 0 saturated heterocycles. The lowest BCUT2D eigenvalue weighted by atomic mass is 9.88. The van der Waals surface area contributed by atoms with Gasteiger partial charge in [0.25, 0.3) is 0 Å². The largest absolute Gasteiger partial charge is 0.479 e. The molecule has 31 heavy (non-hydrogen) atoms. The van der Waals surface area contributed by atoms with Crippen LogP contribution in [0.1, 0.15) is 23.3 Å². The van der Waals surface area contributed by atoms with Gasteiger partial charge in [-0.3, -0.25) is 0 Å². The van der Waals surface area contributed by atoms with Gasteiger partial charge < -0.3 is 19.9 Å². The zero-order chi connectivity index (χ0) is 22.0. The molecule has 0 radical (unpaired) electrons. The van der Waals surface area contributed by atoms with Crippen molar-refractivity contribution in [2.75, 3.05) is 0 Å². The van der Waals surface area contributed by atoms with Crippen LogP contribution in [0.3, 0.4) is 0 Å². The summed E-state index contributed by atoms with van der Waals surface area (Å²) >= 11 is 1.51. The topological polar surface area (TPSA) is 94.6 Å². The summed E-state index contributed by atoms with van der Waals surface area (Å²) in [7, 11) is 0. The third-order valence-electron chi connectivity index (χ3n) is 4.70. The molecule has 0 saturated carbocycles. The second kappa shape index (κ2) is 8.50. The molecule has 0 amide bonds. The van der Waals surface area contributed by atoms with Gasteiger partial charge in [0, 0.05) is 16.5 Å². The molecule has 3 aromatic rings. The van der Waals surface area contributed by atoms with E-state index in [0.717, 1.165) is 10.4 Å². The van der Waals surface area contributed by atoms with Gasteiger partial charge in [-0.2, -0.15) is 5.26 Å². The molecule has 0 bridgehead atoms. The van der Waals surface area contributed by atoms with Crippen molar-refractivity contribution < 1.29 is 23.4 Å². The number of carbonyl (C=O) groups is 1. The van der Waals surface area contributed by atoms with Crippen molar-refractivity contribution in [3.63, 3.8) is 0 Å². The fraction of sp³-hybridized carbons (Fsp3) is 0.130. The van der Waals surface area contributed by atoms with Gasteiger partial charge in [0.15, 0.2) is 6.10 Å². The van der Waals surface area contributed by atoms with Crippen LogP contribution in [0.15, 0.2) is 71.4 Å². The van der Waals surface area contributed by atoms with Gasteiger partial charge in [0.1, 0.15) is 34.7 Å². The lowest BCUT2D eigenvalue weighted by molar-refractivity contribution is -0.141. The normalized spacial score (nSPS) is 16.0. The van der Waals surface area contributed by atoms with Gasteiger partial charge >= 0.3 is 5.97 Å². The van der Waals surface area contributed by atoms with Crippen molar-refractivity contribution in [1.82, 2.24) is 0 Å². The summed E-state index contributed by atoms with van der Waals surface area (Å²) in [6.07, 6.45) is -0.920. The minimum atomic E-state index is -0.920. The Kier molecular flexibility index (Phi) is 5.60. The number of benzene rings is 2. The standard InChI is InChI=1S/C23H17FN2O4S/c1-13(28-15-6-4-14(24)5-7-15)23(27)29-16-8-9-17-19(11-16)30-22(26)18(12-25)21(17)20-3-2-10-31-20/h2-11,13,21H,26H2,1H3. The van der Waals surface area contributed by atoms with Crippen LogP contribution in [0.4, 0.5) is 4.39 Å². The number of allylic oxidation sites excluding steroid dienone is 1. The summed E-state index contributed by atoms with van der Waals surface area (Å²) in [5.74, 6) is -0.352. The Balaban J connectivity index is 1.54. The molecule has 2 unspecified atom stereocenters. The molecule has 0 spiro atoms. The number of nitriles is 1. The smallest absolute Gasteiger partial charge is 0.352 e. The van der Waals surface area contributed by atoms with Crippen LogP contribution >= 0.6 is 11.3 Å². The number of nitrogens with two attached hydrogens (primary N) is 1. The molecule has 2 aromatic carbocycles. The van der Waals surface area contributed by atoms with Gasteiger partial charge in [0.05, 0.1) is 5.92 Å². The van der Waals surface area contributed by atoms with Crippen LogP contribution in [0.25, 0.3) is 0 Å². The third-order valence-corrected chi connectivity index (χ3v) is 5.63. The monoisotopic (exact) mass is 436 g/mol. The number of rotatable bonds is 5. The molecule has 0 aliphatic carbocycles. The zero-order valence-corrected chi connectivity index (χ0v) is 17.2. The molecular formula is C23H17FN2O4S. The second-order valence-electron chi connectivity index (χ2n) is 6.77. The Morgan fingerprint density at radius 1 is 1.23 bits per heavy atom. The van der Waals surface area contributed by atoms with Crippen LogP contribution in [-0.2, 0) is 4.79 Å². The predicted octanol–water partition coefficient (Wildman–Crippen LogP) is 4.48. The van der Waals surface area contributed by atoms with Gasteiger partial charge in [0.2, 0.25) is 5.88 Å². The number of nitrogens with zero attached hydrogens (tertiary/aromatic N) is 1. The highest BCUT2D eigenvalue weighted by atomic mass is 32.1. The summed E-state index contributed by atoms with van der Waals surface area (Å²) in [6, 6.07) is 16.2. The fourth-order valence-corrected chi connectivity index (χ4v) is 4.06. The molecule has 1 aliphatic rings. The predicted molar refractivity (Wildman–Crippen MR) is 112 cm³/mol. The molecule has 2 atom stereocenters. The average molecular weight is 436 g/mol. The first kappa shape index (κ1) is 20.4. The molecule has 1 aliphatic heterocycles. The van der Waals surface area contributed by atoms with E-state index in [4.69, 9.17) is 19.9 Å². The Morgan fingerprint density at radius 3 is 2.65 bits per heavy atom. The first-order valence-corrected chi connectivity index (χ1v) is 10.2. The molecule has 2 heterocycles. The zero-order valence-electron chi connectivity index (χ0n) is 16.4. The van der Waals surface area contributed by atoms with Gasteiger partial charge in [-0.1, -0.05) is 12.1 Å². The third kappa shape index (κ3) is 4.22. The summed E-state index contributed by atoms with van der Waals surface area (Å²) in [5, 5.41) is 11.5. The molecule has 156 valence electrons. The fourth-order valence-electron chi connectivity index (χ4n) is 3.21. The van der Waals surface area contributed by atoms with E-state index in [1.165, 1.54) is 42.5 Å². The van der Waals surface area contributed by atoms with Crippen LogP contribution in [0.5, 0.6) is 17.2 Å². The van der Waals surface area contributed by atoms with Crippen LogP contribution in [-0.4, -0.2) is 12.1 Å². The Labute approximate surface area is 181 Å². The van der Waals surface area contributed by atoms with E-state index in [9.17, 15) is 14.4 Å². The maximum atomic E-state index is 13.0. The lowest BCUT2D eigenvalue weighted by Crippen LogP contribution is -2.28. The van der Waals surface area contributed by atoms with E-state index in [1.807, 2.05) is 17.5 Å². The van der Waals surface area contributed by atoms with E-state index in [0.29, 0.717) is 17.1 Å². The van der Waals surface area contributed by atoms with Gasteiger partial charge in [-0.15, -0.1) is 11.3 Å². The quantitative estimate of drug-likeness (QED) is 0.468. The van der Waals surface area contributed by atoms with Crippen LogP contribution < -0.4 is 19.9 Å². The van der Waals surface area contributed by atoms with E-state index in [2.05, 4.69) is 6.07 Å². The number of carbonyl (C=O) groups excluding carboxylic acids is 1.